The van der Waals surface area contributed by atoms with Crippen LogP contribution in [0.3, 0.4) is 0 Å². The Morgan fingerprint density at radius 2 is 1.94 bits per heavy atom. The van der Waals surface area contributed by atoms with Crippen LogP contribution < -0.4 is 10.2 Å². The van der Waals surface area contributed by atoms with E-state index in [9.17, 15) is 9.59 Å². The topological polar surface area (TPSA) is 70.0 Å². The molecule has 0 aliphatic carbocycles. The van der Waals surface area contributed by atoms with Gasteiger partial charge in [-0.05, 0) is 30.2 Å². The van der Waals surface area contributed by atoms with Crippen molar-refractivity contribution >= 4 is 16.9 Å². The minimum absolute atomic E-state index is 0.0579. The molecule has 0 spiro atoms. The third-order valence-corrected chi connectivity index (χ3v) is 6.00. The number of aromatic nitrogens is 1. The average Bonchev–Trinajstić information content (AvgIpc) is 2.82. The van der Waals surface area contributed by atoms with Crippen molar-refractivity contribution in [2.24, 2.45) is 0 Å². The molecule has 5 rings (SSSR count). The zero-order valence-electron chi connectivity index (χ0n) is 18.1. The molecule has 3 heterocycles. The lowest BCUT2D eigenvalue weighted by molar-refractivity contribution is 0.0341. The Bertz CT molecular complexity index is 1200. The van der Waals surface area contributed by atoms with Crippen LogP contribution in [0.1, 0.15) is 34.5 Å². The number of pyridine rings is 1. The molecule has 3 aromatic rings. The summed E-state index contributed by atoms with van der Waals surface area (Å²) in [5.74, 6) is 0.0735. The smallest absolute Gasteiger partial charge is 0.343 e. The largest absolute Gasteiger partial charge is 0.482 e. The highest BCUT2D eigenvalue weighted by Crippen LogP contribution is 2.36. The fourth-order valence-electron chi connectivity index (χ4n) is 4.47. The van der Waals surface area contributed by atoms with Gasteiger partial charge < -0.3 is 18.8 Å². The van der Waals surface area contributed by atoms with Crippen LogP contribution in [-0.2, 0) is 22.6 Å². The first-order valence-corrected chi connectivity index (χ1v) is 11.0. The van der Waals surface area contributed by atoms with Gasteiger partial charge in [0.2, 0.25) is 5.43 Å². The van der Waals surface area contributed by atoms with Crippen molar-refractivity contribution in [2.75, 3.05) is 32.9 Å². The predicted molar refractivity (Wildman–Crippen MR) is 120 cm³/mol. The zero-order chi connectivity index (χ0) is 22.1. The number of carbonyl (C=O) groups excluding carboxylic acids is 1. The highest BCUT2D eigenvalue weighted by atomic mass is 16.5. The Kier molecular flexibility index (Phi) is 5.68. The van der Waals surface area contributed by atoms with Crippen molar-refractivity contribution in [2.45, 2.75) is 26.1 Å². The molecule has 0 N–H and O–H groups in total. The Balaban J connectivity index is 1.63. The van der Waals surface area contributed by atoms with Gasteiger partial charge in [-0.2, -0.15) is 0 Å². The van der Waals surface area contributed by atoms with Gasteiger partial charge in [0.25, 0.3) is 0 Å². The SMILES string of the molecule is CCOC(=O)c1cn2c3c(cc(CN4CCOCC4)cc3c1=O)OC(c1ccccc1)C2. The van der Waals surface area contributed by atoms with Crippen LogP contribution in [0, 0.1) is 0 Å². The lowest BCUT2D eigenvalue weighted by atomic mass is 10.0. The van der Waals surface area contributed by atoms with Crippen molar-refractivity contribution in [3.63, 3.8) is 0 Å². The van der Waals surface area contributed by atoms with Gasteiger partial charge in [-0.1, -0.05) is 30.3 Å². The molecule has 7 heteroatoms. The molecular formula is C25H26N2O5. The maximum Gasteiger partial charge on any atom is 0.343 e. The van der Waals surface area contributed by atoms with Crippen LogP contribution in [0.15, 0.2) is 53.5 Å². The van der Waals surface area contributed by atoms with E-state index in [0.717, 1.165) is 29.7 Å². The van der Waals surface area contributed by atoms with Gasteiger partial charge in [0.15, 0.2) is 0 Å². The molecule has 0 saturated carbocycles. The Morgan fingerprint density at radius 3 is 2.69 bits per heavy atom. The zero-order valence-corrected chi connectivity index (χ0v) is 18.1. The molecule has 1 unspecified atom stereocenters. The summed E-state index contributed by atoms with van der Waals surface area (Å²) in [7, 11) is 0. The number of esters is 1. The molecule has 0 bridgehead atoms. The van der Waals surface area contributed by atoms with E-state index in [1.165, 1.54) is 0 Å². The first-order valence-electron chi connectivity index (χ1n) is 11.0. The summed E-state index contributed by atoms with van der Waals surface area (Å²) in [6.45, 7) is 6.23. The summed E-state index contributed by atoms with van der Waals surface area (Å²) in [5.41, 5.74) is 2.49. The summed E-state index contributed by atoms with van der Waals surface area (Å²) in [4.78, 5) is 28.1. The number of carbonyl (C=O) groups is 1. The van der Waals surface area contributed by atoms with Crippen LogP contribution >= 0.6 is 0 Å². The fraction of sp³-hybridized carbons (Fsp3) is 0.360. The van der Waals surface area contributed by atoms with Gasteiger partial charge in [-0.25, -0.2) is 4.79 Å². The minimum atomic E-state index is -0.592. The van der Waals surface area contributed by atoms with Gasteiger partial charge in [-0.3, -0.25) is 9.69 Å². The Labute approximate surface area is 186 Å². The Hall–Kier alpha value is -3.16. The number of benzene rings is 2. The summed E-state index contributed by atoms with van der Waals surface area (Å²) in [6, 6.07) is 13.9. The first kappa shape index (κ1) is 20.7. The van der Waals surface area contributed by atoms with Crippen molar-refractivity contribution in [1.29, 1.82) is 0 Å². The van der Waals surface area contributed by atoms with Crippen LogP contribution in [-0.4, -0.2) is 48.3 Å². The normalized spacial score (nSPS) is 18.3. The molecule has 0 radical (unpaired) electrons. The number of hydrogen-bond acceptors (Lipinski definition) is 6. The average molecular weight is 434 g/mol. The van der Waals surface area contributed by atoms with E-state index in [1.54, 1.807) is 13.1 Å². The lowest BCUT2D eigenvalue weighted by Gasteiger charge is -2.30. The van der Waals surface area contributed by atoms with Crippen molar-refractivity contribution < 1.29 is 19.0 Å². The molecule has 1 atom stereocenters. The van der Waals surface area contributed by atoms with Gasteiger partial charge in [-0.15, -0.1) is 0 Å². The predicted octanol–water partition coefficient (Wildman–Crippen LogP) is 3.14. The number of morpholine rings is 1. The highest BCUT2D eigenvalue weighted by molar-refractivity contribution is 5.95. The fourth-order valence-corrected chi connectivity index (χ4v) is 4.47. The second-order valence-corrected chi connectivity index (χ2v) is 8.14. The van der Waals surface area contributed by atoms with E-state index >= 15 is 0 Å². The molecule has 0 amide bonds. The van der Waals surface area contributed by atoms with Crippen LogP contribution in [0.25, 0.3) is 10.9 Å². The summed E-state index contributed by atoms with van der Waals surface area (Å²) >= 11 is 0. The number of ether oxygens (including phenoxy) is 3. The standard InChI is InChI=1S/C25H26N2O5/c1-2-31-25(29)20-15-27-16-22(18-6-4-3-5-7-18)32-21-13-17(12-19(23(21)27)24(20)28)14-26-8-10-30-11-9-26/h3-7,12-13,15,22H,2,8-11,14,16H2,1H3. The molecule has 1 aromatic heterocycles. The Morgan fingerprint density at radius 1 is 1.16 bits per heavy atom. The summed E-state index contributed by atoms with van der Waals surface area (Å²) < 4.78 is 19.0. The van der Waals surface area contributed by atoms with E-state index in [4.69, 9.17) is 14.2 Å². The highest BCUT2D eigenvalue weighted by Gasteiger charge is 2.27. The molecule has 2 aliphatic heterocycles. The number of rotatable bonds is 5. The van der Waals surface area contributed by atoms with Crippen LogP contribution in [0.5, 0.6) is 5.75 Å². The number of hydrogen-bond donors (Lipinski definition) is 0. The molecule has 1 fully saturated rings. The molecule has 2 aliphatic rings. The quantitative estimate of drug-likeness (QED) is 0.575. The molecular weight excluding hydrogens is 408 g/mol. The van der Waals surface area contributed by atoms with E-state index < -0.39 is 5.97 Å². The summed E-state index contributed by atoms with van der Waals surface area (Å²) in [6.07, 6.45) is 1.40. The van der Waals surface area contributed by atoms with Crippen molar-refractivity contribution in [1.82, 2.24) is 9.47 Å². The van der Waals surface area contributed by atoms with Gasteiger partial charge in [0.05, 0.1) is 37.3 Å². The first-order chi connectivity index (χ1) is 15.6. The van der Waals surface area contributed by atoms with Crippen molar-refractivity contribution in [3.8, 4) is 5.75 Å². The van der Waals surface area contributed by atoms with Gasteiger partial charge in [0, 0.05) is 25.8 Å². The molecule has 2 aromatic carbocycles. The molecule has 32 heavy (non-hydrogen) atoms. The number of nitrogens with zero attached hydrogens (tertiary/aromatic N) is 2. The third kappa shape index (κ3) is 3.89. The van der Waals surface area contributed by atoms with Gasteiger partial charge in [0.1, 0.15) is 17.4 Å². The van der Waals surface area contributed by atoms with E-state index in [1.807, 2.05) is 47.0 Å². The lowest BCUT2D eigenvalue weighted by Crippen LogP contribution is -2.35. The van der Waals surface area contributed by atoms with Crippen LogP contribution in [0.4, 0.5) is 0 Å². The van der Waals surface area contributed by atoms with E-state index in [2.05, 4.69) is 4.90 Å². The molecule has 166 valence electrons. The van der Waals surface area contributed by atoms with E-state index in [-0.39, 0.29) is 23.7 Å². The van der Waals surface area contributed by atoms with Crippen LogP contribution in [0.2, 0.25) is 0 Å². The summed E-state index contributed by atoms with van der Waals surface area (Å²) in [5, 5.41) is 0.489. The second-order valence-electron chi connectivity index (χ2n) is 8.14. The minimum Gasteiger partial charge on any atom is -0.482 e. The second kappa shape index (κ2) is 8.76. The third-order valence-electron chi connectivity index (χ3n) is 6.00. The monoisotopic (exact) mass is 434 g/mol. The maximum atomic E-state index is 13.3. The van der Waals surface area contributed by atoms with Gasteiger partial charge >= 0.3 is 5.97 Å². The molecule has 7 nitrogen and oxygen atoms in total. The molecule has 1 saturated heterocycles. The van der Waals surface area contributed by atoms with Crippen molar-refractivity contribution in [3.05, 3.63) is 75.6 Å². The van der Waals surface area contributed by atoms with E-state index in [0.29, 0.717) is 37.4 Å². The maximum absolute atomic E-state index is 13.3.